The van der Waals surface area contributed by atoms with Gasteiger partial charge in [0.25, 0.3) is 0 Å². The van der Waals surface area contributed by atoms with Crippen LogP contribution in [0.1, 0.15) is 22.6 Å². The van der Waals surface area contributed by atoms with Gasteiger partial charge in [-0.25, -0.2) is 4.79 Å². The van der Waals surface area contributed by atoms with Crippen molar-refractivity contribution in [1.29, 1.82) is 5.26 Å². The Hall–Kier alpha value is -3.65. The highest BCUT2D eigenvalue weighted by Gasteiger charge is 2.29. The fraction of sp³-hybridized carbons (Fsp3) is 0.0952. The maximum absolute atomic E-state index is 12.2. The second-order valence-corrected chi connectivity index (χ2v) is 5.98. The van der Waals surface area contributed by atoms with Crippen LogP contribution in [0.4, 0.5) is 10.5 Å². The zero-order valence-electron chi connectivity index (χ0n) is 13.8. The van der Waals surface area contributed by atoms with E-state index in [0.717, 1.165) is 11.1 Å². The van der Waals surface area contributed by atoms with E-state index in [1.165, 1.54) is 23.5 Å². The van der Waals surface area contributed by atoms with Gasteiger partial charge in [0.1, 0.15) is 12.7 Å². The smallest absolute Gasteiger partial charge is 0.411 e. The fourth-order valence-electron chi connectivity index (χ4n) is 3.34. The number of hydrogen-bond acceptors (Lipinski definition) is 4. The summed E-state index contributed by atoms with van der Waals surface area (Å²) in [6.07, 6.45) is 2.33. The number of carbonyl (C=O) groups excluding carboxylic acids is 1. The Bertz CT molecular complexity index is 978. The molecule has 1 heterocycles. The number of ether oxygens (including phenoxy) is 1. The van der Waals surface area contributed by atoms with Crippen LogP contribution in [-0.4, -0.2) is 17.7 Å². The van der Waals surface area contributed by atoms with Crippen molar-refractivity contribution in [3.63, 3.8) is 0 Å². The molecule has 0 saturated heterocycles. The highest BCUT2D eigenvalue weighted by molar-refractivity contribution is 5.86. The highest BCUT2D eigenvalue weighted by atomic mass is 16.5. The average Bonchev–Trinajstić information content (AvgIpc) is 3.01. The molecule has 1 aliphatic rings. The van der Waals surface area contributed by atoms with E-state index in [1.54, 1.807) is 6.07 Å². The molecule has 5 nitrogen and oxygen atoms in total. The number of carbonyl (C=O) groups is 1. The lowest BCUT2D eigenvalue weighted by atomic mass is 9.98. The predicted octanol–water partition coefficient (Wildman–Crippen LogP) is 4.31. The van der Waals surface area contributed by atoms with Gasteiger partial charge in [-0.05, 0) is 28.3 Å². The summed E-state index contributed by atoms with van der Waals surface area (Å²) in [4.78, 5) is 16.1. The Balaban J connectivity index is 1.52. The Kier molecular flexibility index (Phi) is 4.08. The number of nitrogens with zero attached hydrogens (tertiary/aromatic N) is 2. The van der Waals surface area contributed by atoms with Crippen LogP contribution in [0.5, 0.6) is 0 Å². The Morgan fingerprint density at radius 3 is 2.38 bits per heavy atom. The number of aromatic nitrogens is 1. The fourth-order valence-corrected chi connectivity index (χ4v) is 3.34. The number of benzene rings is 2. The largest absolute Gasteiger partial charge is 0.448 e. The molecule has 1 N–H and O–H groups in total. The quantitative estimate of drug-likeness (QED) is 0.770. The minimum atomic E-state index is -0.588. The van der Waals surface area contributed by atoms with Crippen molar-refractivity contribution in [2.45, 2.75) is 5.92 Å². The first-order valence-corrected chi connectivity index (χ1v) is 8.24. The Morgan fingerprint density at radius 1 is 1.08 bits per heavy atom. The van der Waals surface area contributed by atoms with Crippen LogP contribution < -0.4 is 5.32 Å². The van der Waals surface area contributed by atoms with Crippen molar-refractivity contribution in [2.24, 2.45) is 0 Å². The summed E-state index contributed by atoms with van der Waals surface area (Å²) in [5.41, 5.74) is 5.35. The van der Waals surface area contributed by atoms with Gasteiger partial charge in [0, 0.05) is 18.3 Å². The number of amides is 1. The first-order chi connectivity index (χ1) is 12.8. The molecule has 0 fully saturated rings. The molecule has 0 radical (unpaired) electrons. The number of fused-ring (bicyclic) bond motifs is 3. The molecule has 0 atom stereocenters. The van der Waals surface area contributed by atoms with Crippen LogP contribution in [0.3, 0.4) is 0 Å². The molecule has 0 spiro atoms. The molecule has 0 bridgehead atoms. The van der Waals surface area contributed by atoms with Crippen molar-refractivity contribution in [3.8, 4) is 17.2 Å². The summed E-state index contributed by atoms with van der Waals surface area (Å²) < 4.78 is 5.46. The standard InChI is InChI=1S/C21H15N3O2/c22-11-14-12-23-10-9-20(14)24-21(25)26-13-19-17-7-3-1-5-15(17)16-6-2-4-8-18(16)19/h1-10,12,19H,13H2,(H,23,24,25). The van der Waals surface area contributed by atoms with Crippen LogP contribution in [-0.2, 0) is 4.74 Å². The maximum Gasteiger partial charge on any atom is 0.411 e. The number of nitrogens with one attached hydrogen (secondary N) is 1. The predicted molar refractivity (Wildman–Crippen MR) is 97.6 cm³/mol. The lowest BCUT2D eigenvalue weighted by Crippen LogP contribution is -2.18. The molecular formula is C21H15N3O2. The van der Waals surface area contributed by atoms with E-state index in [1.807, 2.05) is 30.3 Å². The van der Waals surface area contributed by atoms with Crippen LogP contribution >= 0.6 is 0 Å². The van der Waals surface area contributed by atoms with Crippen molar-refractivity contribution in [2.75, 3.05) is 11.9 Å². The summed E-state index contributed by atoms with van der Waals surface area (Å²) in [5, 5.41) is 11.7. The molecular weight excluding hydrogens is 326 g/mol. The molecule has 0 aliphatic heterocycles. The molecule has 1 aromatic heterocycles. The number of anilines is 1. The lowest BCUT2D eigenvalue weighted by molar-refractivity contribution is 0.158. The molecule has 0 saturated carbocycles. The number of hydrogen-bond donors (Lipinski definition) is 1. The van der Waals surface area contributed by atoms with Gasteiger partial charge >= 0.3 is 6.09 Å². The molecule has 5 heteroatoms. The average molecular weight is 341 g/mol. The molecule has 3 aromatic rings. The number of rotatable bonds is 3. The third-order valence-corrected chi connectivity index (χ3v) is 4.52. The maximum atomic E-state index is 12.2. The van der Waals surface area contributed by atoms with Gasteiger partial charge in [-0.3, -0.25) is 10.3 Å². The normalized spacial score (nSPS) is 12.0. The van der Waals surface area contributed by atoms with Gasteiger partial charge in [-0.15, -0.1) is 0 Å². The monoisotopic (exact) mass is 341 g/mol. The van der Waals surface area contributed by atoms with E-state index in [9.17, 15) is 4.79 Å². The van der Waals surface area contributed by atoms with E-state index < -0.39 is 6.09 Å². The van der Waals surface area contributed by atoms with Crippen molar-refractivity contribution in [3.05, 3.63) is 83.7 Å². The molecule has 1 amide bonds. The summed E-state index contributed by atoms with van der Waals surface area (Å²) >= 11 is 0. The summed E-state index contributed by atoms with van der Waals surface area (Å²) in [5.74, 6) is 0.000951. The van der Waals surface area contributed by atoms with Crippen LogP contribution in [0, 0.1) is 11.3 Å². The highest BCUT2D eigenvalue weighted by Crippen LogP contribution is 2.44. The molecule has 1 aliphatic carbocycles. The van der Waals surface area contributed by atoms with Gasteiger partial charge in [0.2, 0.25) is 0 Å². The minimum Gasteiger partial charge on any atom is -0.448 e. The van der Waals surface area contributed by atoms with Gasteiger partial charge in [0.05, 0.1) is 11.3 Å². The Morgan fingerprint density at radius 2 is 1.73 bits per heavy atom. The van der Waals surface area contributed by atoms with E-state index >= 15 is 0 Å². The zero-order valence-corrected chi connectivity index (χ0v) is 13.8. The second kappa shape index (κ2) is 6.69. The van der Waals surface area contributed by atoms with E-state index in [0.29, 0.717) is 11.3 Å². The summed E-state index contributed by atoms with van der Waals surface area (Å²) in [7, 11) is 0. The van der Waals surface area contributed by atoms with Crippen LogP contribution in [0.15, 0.2) is 67.0 Å². The first-order valence-electron chi connectivity index (χ1n) is 8.24. The van der Waals surface area contributed by atoms with Crippen LogP contribution in [0.2, 0.25) is 0 Å². The summed E-state index contributed by atoms with van der Waals surface area (Å²) in [6, 6.07) is 19.9. The van der Waals surface area contributed by atoms with Crippen molar-refractivity contribution in [1.82, 2.24) is 4.98 Å². The van der Waals surface area contributed by atoms with Gasteiger partial charge in [-0.2, -0.15) is 5.26 Å². The van der Waals surface area contributed by atoms with E-state index in [-0.39, 0.29) is 12.5 Å². The zero-order chi connectivity index (χ0) is 17.9. The second-order valence-electron chi connectivity index (χ2n) is 5.98. The third kappa shape index (κ3) is 2.78. The van der Waals surface area contributed by atoms with Gasteiger partial charge < -0.3 is 4.74 Å². The molecule has 26 heavy (non-hydrogen) atoms. The van der Waals surface area contributed by atoms with E-state index in [4.69, 9.17) is 10.00 Å². The number of pyridine rings is 1. The number of nitriles is 1. The molecule has 2 aromatic carbocycles. The first kappa shape index (κ1) is 15.9. The molecule has 0 unspecified atom stereocenters. The SMILES string of the molecule is N#Cc1cnccc1NC(=O)OCC1c2ccccc2-c2ccccc21. The van der Waals surface area contributed by atoms with Gasteiger partial charge in [0.15, 0.2) is 0 Å². The van der Waals surface area contributed by atoms with Gasteiger partial charge in [-0.1, -0.05) is 48.5 Å². The molecule has 4 rings (SSSR count). The topological polar surface area (TPSA) is 75.0 Å². The van der Waals surface area contributed by atoms with Crippen molar-refractivity contribution < 1.29 is 9.53 Å². The van der Waals surface area contributed by atoms with Crippen molar-refractivity contribution >= 4 is 11.8 Å². The lowest BCUT2D eigenvalue weighted by Gasteiger charge is -2.14. The van der Waals surface area contributed by atoms with Crippen LogP contribution in [0.25, 0.3) is 11.1 Å². The van der Waals surface area contributed by atoms with E-state index in [2.05, 4.69) is 34.6 Å². The summed E-state index contributed by atoms with van der Waals surface area (Å²) in [6.45, 7) is 0.229. The molecule has 126 valence electrons. The third-order valence-electron chi connectivity index (χ3n) is 4.52. The minimum absolute atomic E-state index is 0.000951. The Labute approximate surface area is 150 Å².